The van der Waals surface area contributed by atoms with Crippen molar-refractivity contribution in [3.8, 4) is 23.5 Å². The minimum Gasteiger partial charge on any atom is -0.399 e. The molecule has 2 N–H and O–H groups in total. The van der Waals surface area contributed by atoms with E-state index in [-0.39, 0.29) is 11.3 Å². The maximum atomic E-state index is 10.6. The van der Waals surface area contributed by atoms with E-state index in [0.29, 0.717) is 16.9 Å². The van der Waals surface area contributed by atoms with Crippen LogP contribution in [0, 0.1) is 46.6 Å². The van der Waals surface area contributed by atoms with E-state index >= 15 is 0 Å². The van der Waals surface area contributed by atoms with Gasteiger partial charge in [-0.3, -0.25) is 10.1 Å². The van der Waals surface area contributed by atoms with Crippen LogP contribution < -0.4 is 5.73 Å². The molecule has 0 fully saturated rings. The van der Waals surface area contributed by atoms with Gasteiger partial charge < -0.3 is 14.9 Å². The number of hydrogen-bond donors (Lipinski definition) is 1. The molecule has 2 aromatic heterocycles. The SMILES string of the molecule is Cc1cn(-c2ccc(N)cc2C#N)cn1.Cc1cn(-c2ccc([N+](=O)[O-])cc2C#N)cn1. The number of anilines is 1. The summed E-state index contributed by atoms with van der Waals surface area (Å²) in [5.74, 6) is 0. The molecular formula is C22H18N8O2. The van der Waals surface area contributed by atoms with Gasteiger partial charge in [0.1, 0.15) is 12.1 Å². The Morgan fingerprint density at radius 3 is 1.84 bits per heavy atom. The Labute approximate surface area is 183 Å². The first-order chi connectivity index (χ1) is 15.3. The zero-order valence-corrected chi connectivity index (χ0v) is 17.3. The van der Waals surface area contributed by atoms with Crippen LogP contribution in [0.25, 0.3) is 11.4 Å². The zero-order valence-electron chi connectivity index (χ0n) is 17.3. The van der Waals surface area contributed by atoms with Crippen LogP contribution in [0.5, 0.6) is 0 Å². The van der Waals surface area contributed by atoms with E-state index < -0.39 is 4.92 Å². The van der Waals surface area contributed by atoms with Crippen LogP contribution >= 0.6 is 0 Å². The number of benzene rings is 2. The Balaban J connectivity index is 0.000000182. The third-order valence-corrected chi connectivity index (χ3v) is 4.43. The second-order valence-corrected chi connectivity index (χ2v) is 6.80. The van der Waals surface area contributed by atoms with Gasteiger partial charge in [0.05, 0.1) is 51.5 Å². The van der Waals surface area contributed by atoms with Crippen molar-refractivity contribution in [3.63, 3.8) is 0 Å². The number of nitriles is 2. The van der Waals surface area contributed by atoms with Gasteiger partial charge in [-0.2, -0.15) is 10.5 Å². The lowest BCUT2D eigenvalue weighted by Gasteiger charge is -2.04. The summed E-state index contributed by atoms with van der Waals surface area (Å²) in [6.07, 6.45) is 6.87. The fourth-order valence-electron chi connectivity index (χ4n) is 2.93. The molecule has 32 heavy (non-hydrogen) atoms. The Morgan fingerprint density at radius 2 is 1.41 bits per heavy atom. The molecule has 0 aliphatic heterocycles. The van der Waals surface area contributed by atoms with Crippen LogP contribution in [0.15, 0.2) is 61.4 Å². The van der Waals surface area contributed by atoms with E-state index in [9.17, 15) is 10.1 Å². The Morgan fingerprint density at radius 1 is 0.906 bits per heavy atom. The molecule has 0 saturated carbocycles. The van der Waals surface area contributed by atoms with Crippen molar-refractivity contribution in [3.05, 3.63) is 94.1 Å². The normalized spacial score (nSPS) is 9.88. The number of imidazole rings is 2. The lowest BCUT2D eigenvalue weighted by atomic mass is 10.1. The number of hydrogen-bond acceptors (Lipinski definition) is 7. The minimum atomic E-state index is -0.524. The van der Waals surface area contributed by atoms with Gasteiger partial charge in [-0.15, -0.1) is 0 Å². The number of rotatable bonds is 3. The predicted molar refractivity (Wildman–Crippen MR) is 117 cm³/mol. The van der Waals surface area contributed by atoms with Gasteiger partial charge in [-0.1, -0.05) is 0 Å². The van der Waals surface area contributed by atoms with Crippen molar-refractivity contribution < 1.29 is 4.92 Å². The van der Waals surface area contributed by atoms with E-state index in [4.69, 9.17) is 16.3 Å². The first-order valence-corrected chi connectivity index (χ1v) is 9.32. The fraction of sp³-hybridized carbons (Fsp3) is 0.0909. The van der Waals surface area contributed by atoms with Gasteiger partial charge in [0, 0.05) is 30.2 Å². The van der Waals surface area contributed by atoms with Gasteiger partial charge in [0.25, 0.3) is 5.69 Å². The molecular weight excluding hydrogens is 408 g/mol. The van der Waals surface area contributed by atoms with Crippen LogP contribution in [-0.4, -0.2) is 24.0 Å². The third-order valence-electron chi connectivity index (χ3n) is 4.43. The van der Waals surface area contributed by atoms with Crippen LogP contribution in [0.2, 0.25) is 0 Å². The fourth-order valence-corrected chi connectivity index (χ4v) is 2.93. The van der Waals surface area contributed by atoms with E-state index in [1.807, 2.05) is 36.7 Å². The number of nitrogens with two attached hydrogens (primary N) is 1. The van der Waals surface area contributed by atoms with Crippen LogP contribution in [0.4, 0.5) is 11.4 Å². The Kier molecular flexibility index (Phi) is 6.28. The Bertz CT molecular complexity index is 1370. The molecule has 0 aliphatic carbocycles. The summed E-state index contributed by atoms with van der Waals surface area (Å²) in [4.78, 5) is 18.2. The maximum Gasteiger partial charge on any atom is 0.270 e. The monoisotopic (exact) mass is 426 g/mol. The van der Waals surface area contributed by atoms with Gasteiger partial charge in [-0.25, -0.2) is 9.97 Å². The quantitative estimate of drug-likeness (QED) is 0.298. The van der Waals surface area contributed by atoms with Gasteiger partial charge in [-0.05, 0) is 38.1 Å². The van der Waals surface area contributed by atoms with Gasteiger partial charge in [0.15, 0.2) is 0 Å². The number of nitro groups is 1. The number of nitrogens with zero attached hydrogens (tertiary/aromatic N) is 7. The van der Waals surface area contributed by atoms with Crippen molar-refractivity contribution in [2.75, 3.05) is 5.73 Å². The highest BCUT2D eigenvalue weighted by molar-refractivity contribution is 5.57. The first kappa shape index (κ1) is 21.7. The molecule has 4 rings (SSSR count). The second-order valence-electron chi connectivity index (χ2n) is 6.80. The van der Waals surface area contributed by atoms with E-state index in [0.717, 1.165) is 17.1 Å². The van der Waals surface area contributed by atoms with Crippen molar-refractivity contribution in [1.82, 2.24) is 19.1 Å². The molecule has 2 aromatic carbocycles. The molecule has 0 atom stereocenters. The molecule has 158 valence electrons. The average Bonchev–Trinajstić information content (AvgIpc) is 3.41. The summed E-state index contributed by atoms with van der Waals surface area (Å²) >= 11 is 0. The predicted octanol–water partition coefficient (Wildman–Crippen LogP) is 3.60. The molecule has 2 heterocycles. The number of nitrogen functional groups attached to an aromatic ring is 1. The molecule has 0 spiro atoms. The first-order valence-electron chi connectivity index (χ1n) is 9.32. The maximum absolute atomic E-state index is 10.6. The van der Waals surface area contributed by atoms with E-state index in [2.05, 4.69) is 16.0 Å². The summed E-state index contributed by atoms with van der Waals surface area (Å²) < 4.78 is 3.48. The molecule has 0 bridgehead atoms. The number of aryl methyl sites for hydroxylation is 2. The van der Waals surface area contributed by atoms with E-state index in [1.165, 1.54) is 18.2 Å². The lowest BCUT2D eigenvalue weighted by Crippen LogP contribution is -1.96. The number of aromatic nitrogens is 4. The number of nitro benzene ring substituents is 1. The highest BCUT2D eigenvalue weighted by Gasteiger charge is 2.11. The third kappa shape index (κ3) is 4.78. The molecule has 0 amide bonds. The minimum absolute atomic E-state index is 0.0952. The number of non-ortho nitro benzene ring substituents is 1. The van der Waals surface area contributed by atoms with Crippen molar-refractivity contribution in [1.29, 1.82) is 10.5 Å². The lowest BCUT2D eigenvalue weighted by molar-refractivity contribution is -0.384. The summed E-state index contributed by atoms with van der Waals surface area (Å²) in [6, 6.07) is 13.5. The topological polar surface area (TPSA) is 152 Å². The average molecular weight is 426 g/mol. The van der Waals surface area contributed by atoms with Crippen LogP contribution in [-0.2, 0) is 0 Å². The highest BCUT2D eigenvalue weighted by atomic mass is 16.6. The molecule has 0 unspecified atom stereocenters. The molecule has 0 saturated heterocycles. The molecule has 4 aromatic rings. The molecule has 10 nitrogen and oxygen atoms in total. The van der Waals surface area contributed by atoms with Crippen molar-refractivity contribution >= 4 is 11.4 Å². The highest BCUT2D eigenvalue weighted by Crippen LogP contribution is 2.21. The van der Waals surface area contributed by atoms with Gasteiger partial charge >= 0.3 is 0 Å². The molecule has 10 heteroatoms. The largest absolute Gasteiger partial charge is 0.399 e. The summed E-state index contributed by atoms with van der Waals surface area (Å²) in [5, 5.41) is 28.6. The van der Waals surface area contributed by atoms with Crippen LogP contribution in [0.1, 0.15) is 22.5 Å². The summed E-state index contributed by atoms with van der Waals surface area (Å²) in [5.41, 5.74) is 10.0. The molecule has 0 radical (unpaired) electrons. The zero-order chi connectivity index (χ0) is 23.3. The van der Waals surface area contributed by atoms with Crippen molar-refractivity contribution in [2.45, 2.75) is 13.8 Å². The Hall–Kier alpha value is -4.96. The van der Waals surface area contributed by atoms with E-state index in [1.54, 1.807) is 35.6 Å². The summed E-state index contributed by atoms with van der Waals surface area (Å²) in [6.45, 7) is 3.73. The van der Waals surface area contributed by atoms with Crippen molar-refractivity contribution in [2.24, 2.45) is 0 Å². The summed E-state index contributed by atoms with van der Waals surface area (Å²) in [7, 11) is 0. The van der Waals surface area contributed by atoms with Gasteiger partial charge in [0.2, 0.25) is 0 Å². The molecule has 0 aliphatic rings. The standard InChI is InChI=1S/C11H8N4O2.C11H10N4/c1-8-6-14(7-13-8)11-3-2-10(15(16)17)4-9(11)5-12;1-8-6-15(7-14-8)11-3-2-10(13)4-9(11)5-12/h2-4,6-7H,1H3;2-4,6-7H,13H2,1H3. The van der Waals surface area contributed by atoms with Crippen LogP contribution in [0.3, 0.4) is 0 Å². The smallest absolute Gasteiger partial charge is 0.270 e. The second kappa shape index (κ2) is 9.24.